The predicted molar refractivity (Wildman–Crippen MR) is 31.2 cm³/mol. The summed E-state index contributed by atoms with van der Waals surface area (Å²) in [7, 11) is 0. The van der Waals surface area contributed by atoms with Crippen LogP contribution in [0.1, 0.15) is 6.92 Å². The second-order valence-corrected chi connectivity index (χ2v) is 1.87. The molecule has 0 amide bonds. The van der Waals surface area contributed by atoms with Crippen molar-refractivity contribution in [2.45, 2.75) is 19.1 Å². The SMILES string of the molecule is CCNC(C(=O)O)C(F)(F)F. The van der Waals surface area contributed by atoms with Gasteiger partial charge in [0, 0.05) is 0 Å². The molecular formula is C5H8F3NO2. The highest BCUT2D eigenvalue weighted by molar-refractivity contribution is 5.74. The van der Waals surface area contributed by atoms with Crippen LogP contribution in [0.15, 0.2) is 0 Å². The van der Waals surface area contributed by atoms with E-state index in [1.54, 1.807) is 5.32 Å². The zero-order chi connectivity index (χ0) is 9.07. The van der Waals surface area contributed by atoms with Crippen molar-refractivity contribution in [3.05, 3.63) is 0 Å². The molecule has 0 radical (unpaired) electrons. The molecule has 66 valence electrons. The van der Waals surface area contributed by atoms with E-state index in [0.29, 0.717) is 0 Å². The third-order valence-electron chi connectivity index (χ3n) is 0.983. The van der Waals surface area contributed by atoms with E-state index in [0.717, 1.165) is 0 Å². The highest BCUT2D eigenvalue weighted by Crippen LogP contribution is 2.19. The fourth-order valence-electron chi connectivity index (χ4n) is 0.547. The van der Waals surface area contributed by atoms with Crippen LogP contribution in [0.2, 0.25) is 0 Å². The first-order chi connectivity index (χ1) is 4.89. The number of carboxylic acids is 1. The normalized spacial score (nSPS) is 14.5. The molecule has 1 atom stereocenters. The minimum atomic E-state index is -4.72. The summed E-state index contributed by atoms with van der Waals surface area (Å²) in [5.41, 5.74) is 0. The topological polar surface area (TPSA) is 49.3 Å². The number of halogens is 3. The number of rotatable bonds is 3. The number of carbonyl (C=O) groups is 1. The van der Waals surface area contributed by atoms with Crippen molar-refractivity contribution >= 4 is 5.97 Å². The molecule has 0 aliphatic rings. The van der Waals surface area contributed by atoms with Gasteiger partial charge in [-0.2, -0.15) is 13.2 Å². The smallest absolute Gasteiger partial charge is 0.414 e. The molecule has 0 aliphatic heterocycles. The van der Waals surface area contributed by atoms with Crippen LogP contribution in [-0.4, -0.2) is 29.8 Å². The Kier molecular flexibility index (Phi) is 3.31. The monoisotopic (exact) mass is 171 g/mol. The number of carboxylic acid groups (broad SMARTS) is 1. The molecule has 0 rings (SSSR count). The maximum Gasteiger partial charge on any atom is 0.414 e. The van der Waals surface area contributed by atoms with Crippen molar-refractivity contribution < 1.29 is 23.1 Å². The van der Waals surface area contributed by atoms with Crippen LogP contribution < -0.4 is 5.32 Å². The molecular weight excluding hydrogens is 163 g/mol. The Hall–Kier alpha value is -0.780. The third kappa shape index (κ3) is 3.22. The molecule has 0 aliphatic carbocycles. The highest BCUT2D eigenvalue weighted by Gasteiger charge is 2.44. The van der Waals surface area contributed by atoms with Gasteiger partial charge in [0.15, 0.2) is 0 Å². The molecule has 6 heteroatoms. The van der Waals surface area contributed by atoms with E-state index in [2.05, 4.69) is 0 Å². The van der Waals surface area contributed by atoms with Crippen molar-refractivity contribution in [1.82, 2.24) is 5.32 Å². The van der Waals surface area contributed by atoms with E-state index < -0.39 is 18.2 Å². The molecule has 0 saturated heterocycles. The summed E-state index contributed by atoms with van der Waals surface area (Å²) in [6.07, 6.45) is -4.72. The molecule has 0 spiro atoms. The van der Waals surface area contributed by atoms with Crippen molar-refractivity contribution in [3.63, 3.8) is 0 Å². The molecule has 0 saturated carbocycles. The quantitative estimate of drug-likeness (QED) is 0.654. The fourth-order valence-corrected chi connectivity index (χ4v) is 0.547. The first-order valence-electron chi connectivity index (χ1n) is 2.92. The summed E-state index contributed by atoms with van der Waals surface area (Å²) in [6, 6.07) is -2.45. The van der Waals surface area contributed by atoms with Gasteiger partial charge in [-0.3, -0.25) is 10.1 Å². The molecule has 0 bridgehead atoms. The predicted octanol–water partition coefficient (Wildman–Crippen LogP) is 0.611. The Morgan fingerprint density at radius 3 is 2.18 bits per heavy atom. The molecule has 2 N–H and O–H groups in total. The second kappa shape index (κ2) is 3.56. The number of nitrogens with one attached hydrogen (secondary N) is 1. The number of alkyl halides is 3. The zero-order valence-corrected chi connectivity index (χ0v) is 5.77. The summed E-state index contributed by atoms with van der Waals surface area (Å²) in [5.74, 6) is -1.90. The second-order valence-electron chi connectivity index (χ2n) is 1.87. The van der Waals surface area contributed by atoms with Crippen molar-refractivity contribution in [2.24, 2.45) is 0 Å². The van der Waals surface area contributed by atoms with Crippen molar-refractivity contribution in [2.75, 3.05) is 6.54 Å². The highest BCUT2D eigenvalue weighted by atomic mass is 19.4. The van der Waals surface area contributed by atoms with E-state index >= 15 is 0 Å². The molecule has 1 unspecified atom stereocenters. The number of hydrogen-bond acceptors (Lipinski definition) is 2. The van der Waals surface area contributed by atoms with Gasteiger partial charge in [0.05, 0.1) is 0 Å². The van der Waals surface area contributed by atoms with Crippen molar-refractivity contribution in [3.8, 4) is 0 Å². The van der Waals surface area contributed by atoms with Gasteiger partial charge in [0.2, 0.25) is 6.04 Å². The van der Waals surface area contributed by atoms with Crippen LogP contribution in [0.4, 0.5) is 13.2 Å². The zero-order valence-electron chi connectivity index (χ0n) is 5.77. The Morgan fingerprint density at radius 2 is 2.09 bits per heavy atom. The van der Waals surface area contributed by atoms with E-state index in [1.807, 2.05) is 0 Å². The van der Waals surface area contributed by atoms with Crippen LogP contribution in [0.5, 0.6) is 0 Å². The number of likely N-dealkylation sites (N-methyl/N-ethyl adjacent to an activating group) is 1. The Labute approximate surface area is 61.2 Å². The van der Waals surface area contributed by atoms with Gasteiger partial charge in [-0.1, -0.05) is 6.92 Å². The number of hydrogen-bond donors (Lipinski definition) is 2. The maximum atomic E-state index is 11.7. The van der Waals surface area contributed by atoms with Crippen LogP contribution in [0.25, 0.3) is 0 Å². The van der Waals surface area contributed by atoms with Crippen LogP contribution >= 0.6 is 0 Å². The lowest BCUT2D eigenvalue weighted by atomic mass is 10.3. The molecule has 11 heavy (non-hydrogen) atoms. The molecule has 0 aromatic heterocycles. The lowest BCUT2D eigenvalue weighted by Gasteiger charge is -2.15. The molecule has 0 heterocycles. The first-order valence-corrected chi connectivity index (χ1v) is 2.92. The lowest BCUT2D eigenvalue weighted by molar-refractivity contribution is -0.179. The summed E-state index contributed by atoms with van der Waals surface area (Å²) in [4.78, 5) is 9.95. The molecule has 3 nitrogen and oxygen atoms in total. The molecule has 0 aromatic rings. The molecule has 0 aromatic carbocycles. The van der Waals surface area contributed by atoms with Crippen molar-refractivity contribution in [1.29, 1.82) is 0 Å². The van der Waals surface area contributed by atoms with Gasteiger partial charge < -0.3 is 5.11 Å². The van der Waals surface area contributed by atoms with Gasteiger partial charge in [0.25, 0.3) is 0 Å². The summed E-state index contributed by atoms with van der Waals surface area (Å²) in [6.45, 7) is 1.37. The van der Waals surface area contributed by atoms with Crippen LogP contribution in [-0.2, 0) is 4.79 Å². The van der Waals surface area contributed by atoms with Gasteiger partial charge in [0.1, 0.15) is 0 Å². The Bertz CT molecular complexity index is 145. The minimum Gasteiger partial charge on any atom is -0.480 e. The lowest BCUT2D eigenvalue weighted by Crippen LogP contribution is -2.48. The van der Waals surface area contributed by atoms with E-state index in [4.69, 9.17) is 5.11 Å². The van der Waals surface area contributed by atoms with Gasteiger partial charge in [-0.15, -0.1) is 0 Å². The average Bonchev–Trinajstić information content (AvgIpc) is 1.79. The summed E-state index contributed by atoms with van der Waals surface area (Å²) >= 11 is 0. The average molecular weight is 171 g/mol. The van der Waals surface area contributed by atoms with Crippen LogP contribution in [0, 0.1) is 0 Å². The first kappa shape index (κ1) is 10.2. The summed E-state index contributed by atoms with van der Waals surface area (Å²) < 4.78 is 35.1. The van der Waals surface area contributed by atoms with E-state index in [-0.39, 0.29) is 6.54 Å². The maximum absolute atomic E-state index is 11.7. The Morgan fingerprint density at radius 1 is 1.64 bits per heavy atom. The van der Waals surface area contributed by atoms with Gasteiger partial charge in [-0.05, 0) is 6.54 Å². The number of aliphatic carboxylic acids is 1. The standard InChI is InChI=1S/C5H8F3NO2/c1-2-9-3(4(10)11)5(6,7)8/h3,9H,2H2,1H3,(H,10,11). The van der Waals surface area contributed by atoms with Crippen LogP contribution in [0.3, 0.4) is 0 Å². The van der Waals surface area contributed by atoms with E-state index in [1.165, 1.54) is 6.92 Å². The summed E-state index contributed by atoms with van der Waals surface area (Å²) in [5, 5.41) is 9.85. The Balaban J connectivity index is 4.22. The largest absolute Gasteiger partial charge is 0.480 e. The molecule has 0 fully saturated rings. The minimum absolute atomic E-state index is 0.0313. The van der Waals surface area contributed by atoms with E-state index in [9.17, 15) is 18.0 Å². The third-order valence-corrected chi connectivity index (χ3v) is 0.983. The van der Waals surface area contributed by atoms with Gasteiger partial charge in [-0.25, -0.2) is 0 Å². The van der Waals surface area contributed by atoms with Gasteiger partial charge >= 0.3 is 12.1 Å². The fraction of sp³-hybridized carbons (Fsp3) is 0.800.